The predicted molar refractivity (Wildman–Crippen MR) is 64.4 cm³/mol. The second-order valence-corrected chi connectivity index (χ2v) is 5.76. The topological polar surface area (TPSA) is 83.5 Å². The Kier molecular flexibility index (Phi) is 4.80. The van der Waals surface area contributed by atoms with E-state index in [0.29, 0.717) is 0 Å². The van der Waals surface area contributed by atoms with E-state index in [0.717, 1.165) is 18.9 Å². The highest BCUT2D eigenvalue weighted by molar-refractivity contribution is 7.88. The lowest BCUT2D eigenvalue weighted by Gasteiger charge is -1.94. The van der Waals surface area contributed by atoms with Crippen LogP contribution in [0.1, 0.15) is 23.2 Å². The molecule has 0 atom stereocenters. The first-order valence-electron chi connectivity index (χ1n) is 5.24. The molecule has 0 aliphatic heterocycles. The zero-order valence-electron chi connectivity index (χ0n) is 9.76. The number of benzene rings is 1. The molecule has 0 aromatic heterocycles. The average Bonchev–Trinajstić information content (AvgIpc) is 3.00. The van der Waals surface area contributed by atoms with Crippen molar-refractivity contribution in [3.63, 3.8) is 0 Å². The zero-order chi connectivity index (χ0) is 13.8. The number of hydrogen-bond donors (Lipinski definition) is 2. The third-order valence-corrected chi connectivity index (χ3v) is 2.79. The van der Waals surface area contributed by atoms with E-state index in [-0.39, 0.29) is 11.6 Å². The number of carbonyl (C=O) groups is 1. The van der Waals surface area contributed by atoms with Gasteiger partial charge in [0.05, 0.1) is 11.8 Å². The summed E-state index contributed by atoms with van der Waals surface area (Å²) in [7, 11) is -2.91. The Morgan fingerprint density at radius 2 is 2.06 bits per heavy atom. The molecule has 1 saturated carbocycles. The highest BCUT2D eigenvalue weighted by atomic mass is 32.2. The lowest BCUT2D eigenvalue weighted by Crippen LogP contribution is -2.23. The van der Waals surface area contributed by atoms with E-state index in [9.17, 15) is 17.6 Å². The van der Waals surface area contributed by atoms with E-state index in [4.69, 9.17) is 5.11 Å². The number of rotatable bonds is 3. The van der Waals surface area contributed by atoms with Gasteiger partial charge in [-0.05, 0) is 31.0 Å². The Morgan fingerprint density at radius 1 is 1.44 bits per heavy atom. The minimum Gasteiger partial charge on any atom is -0.478 e. The highest BCUT2D eigenvalue weighted by Gasteiger charge is 2.24. The van der Waals surface area contributed by atoms with E-state index in [2.05, 4.69) is 4.72 Å². The smallest absolute Gasteiger partial charge is 0.335 e. The molecule has 2 N–H and O–H groups in total. The van der Waals surface area contributed by atoms with Crippen molar-refractivity contribution in [1.29, 1.82) is 0 Å². The van der Waals surface area contributed by atoms with Gasteiger partial charge >= 0.3 is 5.97 Å². The molecule has 0 spiro atoms. The van der Waals surface area contributed by atoms with Gasteiger partial charge in [-0.2, -0.15) is 0 Å². The fourth-order valence-corrected chi connectivity index (χ4v) is 1.97. The van der Waals surface area contributed by atoms with Gasteiger partial charge in [-0.15, -0.1) is 0 Å². The molecule has 1 aliphatic rings. The lowest BCUT2D eigenvalue weighted by molar-refractivity contribution is 0.0696. The van der Waals surface area contributed by atoms with Crippen LogP contribution in [0.3, 0.4) is 0 Å². The third kappa shape index (κ3) is 6.31. The van der Waals surface area contributed by atoms with Gasteiger partial charge in [0.2, 0.25) is 10.0 Å². The summed E-state index contributed by atoms with van der Waals surface area (Å²) in [6.45, 7) is 0. The molecule has 1 fully saturated rings. The molecule has 0 bridgehead atoms. The van der Waals surface area contributed by atoms with Crippen LogP contribution in [0.2, 0.25) is 0 Å². The van der Waals surface area contributed by atoms with Gasteiger partial charge in [0, 0.05) is 6.04 Å². The van der Waals surface area contributed by atoms with Gasteiger partial charge in [-0.1, -0.05) is 6.07 Å². The maximum Gasteiger partial charge on any atom is 0.335 e. The Morgan fingerprint density at radius 3 is 2.33 bits per heavy atom. The molecular weight excluding hydrogens is 261 g/mol. The minimum absolute atomic E-state index is 0.0278. The Balaban J connectivity index is 0.000000184. The number of hydrogen-bond acceptors (Lipinski definition) is 3. The molecule has 0 amide bonds. The number of sulfonamides is 1. The SMILES string of the molecule is CS(=O)(=O)NC1CC1.O=C(O)c1cccc(F)c1. The monoisotopic (exact) mass is 275 g/mol. The third-order valence-electron chi connectivity index (χ3n) is 2.03. The van der Waals surface area contributed by atoms with E-state index in [1.807, 2.05) is 0 Å². The van der Waals surface area contributed by atoms with Crippen molar-refractivity contribution in [2.24, 2.45) is 0 Å². The van der Waals surface area contributed by atoms with Crippen molar-refractivity contribution in [2.45, 2.75) is 18.9 Å². The number of carboxylic acid groups (broad SMARTS) is 1. The van der Waals surface area contributed by atoms with Crippen molar-refractivity contribution < 1.29 is 22.7 Å². The number of halogens is 1. The molecule has 18 heavy (non-hydrogen) atoms. The number of carboxylic acids is 1. The van der Waals surface area contributed by atoms with Crippen LogP contribution in [0.5, 0.6) is 0 Å². The van der Waals surface area contributed by atoms with Gasteiger partial charge in [-0.3, -0.25) is 0 Å². The Labute approximate surface area is 105 Å². The highest BCUT2D eigenvalue weighted by Crippen LogP contribution is 2.19. The van der Waals surface area contributed by atoms with E-state index in [1.165, 1.54) is 24.5 Å². The Bertz CT molecular complexity index is 526. The van der Waals surface area contributed by atoms with Crippen molar-refractivity contribution >= 4 is 16.0 Å². The molecule has 7 heteroatoms. The molecule has 1 aromatic rings. The van der Waals surface area contributed by atoms with E-state index in [1.54, 1.807) is 0 Å². The van der Waals surface area contributed by atoms with Crippen LogP contribution < -0.4 is 4.72 Å². The van der Waals surface area contributed by atoms with Crippen LogP contribution in [0.4, 0.5) is 4.39 Å². The van der Waals surface area contributed by atoms with Crippen LogP contribution in [-0.4, -0.2) is 31.8 Å². The van der Waals surface area contributed by atoms with Crippen LogP contribution in [0, 0.1) is 5.82 Å². The number of aromatic carboxylic acids is 1. The quantitative estimate of drug-likeness (QED) is 0.868. The van der Waals surface area contributed by atoms with Crippen molar-refractivity contribution in [1.82, 2.24) is 4.72 Å². The summed E-state index contributed by atoms with van der Waals surface area (Å²) in [4.78, 5) is 10.2. The maximum absolute atomic E-state index is 12.3. The molecular formula is C11H14FNO4S. The first-order chi connectivity index (χ1) is 8.28. The van der Waals surface area contributed by atoms with E-state index < -0.39 is 21.8 Å². The normalized spacial score (nSPS) is 14.6. The summed E-state index contributed by atoms with van der Waals surface area (Å²) in [5.41, 5.74) is -0.0278. The number of nitrogens with one attached hydrogen (secondary N) is 1. The molecule has 0 heterocycles. The predicted octanol–water partition coefficient (Wildman–Crippen LogP) is 1.22. The summed E-state index contributed by atoms with van der Waals surface area (Å²) in [5, 5.41) is 8.34. The molecule has 2 rings (SSSR count). The Hall–Kier alpha value is -1.47. The van der Waals surface area contributed by atoms with E-state index >= 15 is 0 Å². The summed E-state index contributed by atoms with van der Waals surface area (Å²) in [6, 6.07) is 5.13. The summed E-state index contributed by atoms with van der Waals surface area (Å²) < 4.78 is 35.5. The molecule has 0 unspecified atom stereocenters. The molecule has 0 radical (unpaired) electrons. The molecule has 0 saturated heterocycles. The van der Waals surface area contributed by atoms with Crippen molar-refractivity contribution in [3.8, 4) is 0 Å². The zero-order valence-corrected chi connectivity index (χ0v) is 10.6. The van der Waals surface area contributed by atoms with Crippen molar-refractivity contribution in [3.05, 3.63) is 35.6 Å². The molecule has 1 aliphatic carbocycles. The average molecular weight is 275 g/mol. The second kappa shape index (κ2) is 5.92. The standard InChI is InChI=1S/C7H5FO2.C4H9NO2S/c8-6-3-1-2-5(4-6)7(9)10;1-8(6,7)5-4-2-3-4/h1-4H,(H,9,10);4-5H,2-3H2,1H3. The van der Waals surface area contributed by atoms with Gasteiger partial charge in [0.15, 0.2) is 0 Å². The van der Waals surface area contributed by atoms with Gasteiger partial charge in [-0.25, -0.2) is 22.3 Å². The minimum atomic E-state index is -2.91. The summed E-state index contributed by atoms with van der Waals surface area (Å²) in [5.74, 6) is -1.64. The summed E-state index contributed by atoms with van der Waals surface area (Å²) >= 11 is 0. The van der Waals surface area contributed by atoms with Crippen molar-refractivity contribution in [2.75, 3.05) is 6.26 Å². The first kappa shape index (κ1) is 14.6. The van der Waals surface area contributed by atoms with Crippen LogP contribution in [0.15, 0.2) is 24.3 Å². The van der Waals surface area contributed by atoms with Gasteiger partial charge in [0.1, 0.15) is 5.82 Å². The lowest BCUT2D eigenvalue weighted by atomic mass is 10.2. The van der Waals surface area contributed by atoms with Gasteiger partial charge in [0.25, 0.3) is 0 Å². The first-order valence-corrected chi connectivity index (χ1v) is 7.13. The van der Waals surface area contributed by atoms with Crippen LogP contribution in [-0.2, 0) is 10.0 Å². The fraction of sp³-hybridized carbons (Fsp3) is 0.364. The van der Waals surface area contributed by atoms with Crippen LogP contribution in [0.25, 0.3) is 0 Å². The fourth-order valence-electron chi connectivity index (χ4n) is 1.13. The second-order valence-electron chi connectivity index (χ2n) is 3.98. The molecule has 100 valence electrons. The van der Waals surface area contributed by atoms with Gasteiger partial charge < -0.3 is 5.11 Å². The molecule has 5 nitrogen and oxygen atoms in total. The maximum atomic E-state index is 12.3. The van der Waals surface area contributed by atoms with Crippen LogP contribution >= 0.6 is 0 Å². The summed E-state index contributed by atoms with van der Waals surface area (Å²) in [6.07, 6.45) is 3.20. The molecule has 1 aromatic carbocycles. The largest absolute Gasteiger partial charge is 0.478 e.